The number of likely N-dealkylation sites (N-methyl/N-ethyl adjacent to an activating group) is 1. The van der Waals surface area contributed by atoms with E-state index in [1.807, 2.05) is 25.2 Å². The van der Waals surface area contributed by atoms with Crippen LogP contribution in [-0.2, 0) is 24.3 Å². The Balaban J connectivity index is 1.76. The highest BCUT2D eigenvalue weighted by atomic mass is 32.1. The summed E-state index contributed by atoms with van der Waals surface area (Å²) in [5.74, 6) is 0.796. The molecular weight excluding hydrogens is 375 g/mol. The largest absolute Gasteiger partial charge is 0.411 e. The Kier molecular flexibility index (Phi) is 8.12. The van der Waals surface area contributed by atoms with Crippen molar-refractivity contribution in [3.63, 3.8) is 0 Å². The number of rotatable bonds is 8. The van der Waals surface area contributed by atoms with E-state index >= 15 is 0 Å². The monoisotopic (exact) mass is 399 g/mol. The molecule has 1 aromatic carbocycles. The summed E-state index contributed by atoms with van der Waals surface area (Å²) in [6.07, 6.45) is -3.34. The first-order valence-electron chi connectivity index (χ1n) is 8.54. The van der Waals surface area contributed by atoms with E-state index < -0.39 is 12.8 Å². The van der Waals surface area contributed by atoms with E-state index in [4.69, 9.17) is 0 Å². The fraction of sp³-hybridized carbons (Fsp3) is 0.421. The van der Waals surface area contributed by atoms with Gasteiger partial charge >= 0.3 is 6.18 Å². The van der Waals surface area contributed by atoms with Crippen molar-refractivity contribution >= 4 is 17.3 Å². The number of nitrogens with zero attached hydrogens (tertiary/aromatic N) is 2. The summed E-state index contributed by atoms with van der Waals surface area (Å²) in [4.78, 5) is 7.69. The molecule has 1 N–H and O–H groups in total. The summed E-state index contributed by atoms with van der Waals surface area (Å²) in [6, 6.07) is 11.5. The molecule has 1 aromatic heterocycles. The summed E-state index contributed by atoms with van der Waals surface area (Å²) in [5, 5.41) is 5.37. The Morgan fingerprint density at radius 3 is 2.48 bits per heavy atom. The average molecular weight is 399 g/mol. The molecule has 0 aliphatic heterocycles. The van der Waals surface area contributed by atoms with Crippen molar-refractivity contribution in [3.05, 3.63) is 57.8 Å². The number of ether oxygens (including phenoxy) is 1. The molecule has 0 unspecified atom stereocenters. The molecule has 0 radical (unpaired) electrons. The van der Waals surface area contributed by atoms with E-state index in [2.05, 4.69) is 31.4 Å². The topological polar surface area (TPSA) is 36.9 Å². The van der Waals surface area contributed by atoms with Crippen LogP contribution in [0.4, 0.5) is 13.2 Å². The summed E-state index contributed by atoms with van der Waals surface area (Å²) >= 11 is 1.74. The van der Waals surface area contributed by atoms with Crippen molar-refractivity contribution in [1.29, 1.82) is 0 Å². The molecule has 0 aliphatic rings. The predicted molar refractivity (Wildman–Crippen MR) is 103 cm³/mol. The van der Waals surface area contributed by atoms with Crippen LogP contribution in [0.1, 0.15) is 16.0 Å². The van der Waals surface area contributed by atoms with Crippen LogP contribution in [0.2, 0.25) is 0 Å². The summed E-state index contributed by atoms with van der Waals surface area (Å²) in [5.41, 5.74) is 1.72. The number of hydrogen-bond acceptors (Lipinski definition) is 3. The standard InChI is InChI=1S/C19H24F3N3OS/c1-23-18(25(2)10-9-17-4-3-11-27-17)24-12-15-5-7-16(8-6-15)13-26-14-19(20,21)22/h3-8,11H,9-10,12-14H2,1-2H3,(H,23,24). The molecule has 2 aromatic rings. The Morgan fingerprint density at radius 2 is 1.89 bits per heavy atom. The van der Waals surface area contributed by atoms with Crippen LogP contribution in [0.5, 0.6) is 0 Å². The maximum absolute atomic E-state index is 12.1. The molecule has 1 heterocycles. The molecule has 8 heteroatoms. The van der Waals surface area contributed by atoms with Crippen molar-refractivity contribution in [3.8, 4) is 0 Å². The molecule has 0 atom stereocenters. The summed E-state index contributed by atoms with van der Waals surface area (Å²) in [6.45, 7) is 0.153. The Labute approximate surface area is 161 Å². The minimum atomic E-state index is -4.30. The lowest BCUT2D eigenvalue weighted by atomic mass is 10.1. The van der Waals surface area contributed by atoms with Gasteiger partial charge < -0.3 is 15.0 Å². The third kappa shape index (κ3) is 8.01. The zero-order chi connectivity index (χ0) is 19.7. The van der Waals surface area contributed by atoms with Gasteiger partial charge in [-0.1, -0.05) is 30.3 Å². The SMILES string of the molecule is CN=C(NCc1ccc(COCC(F)(F)F)cc1)N(C)CCc1cccs1. The van der Waals surface area contributed by atoms with E-state index in [0.717, 1.165) is 24.5 Å². The third-order valence-corrected chi connectivity index (χ3v) is 4.79. The average Bonchev–Trinajstić information content (AvgIpc) is 3.14. The molecule has 27 heavy (non-hydrogen) atoms. The maximum Gasteiger partial charge on any atom is 0.411 e. The van der Waals surface area contributed by atoms with E-state index in [0.29, 0.717) is 12.1 Å². The molecule has 148 valence electrons. The minimum absolute atomic E-state index is 0.0552. The molecule has 0 fully saturated rings. The van der Waals surface area contributed by atoms with E-state index in [-0.39, 0.29) is 6.61 Å². The van der Waals surface area contributed by atoms with Gasteiger partial charge in [-0.05, 0) is 29.0 Å². The summed E-state index contributed by atoms with van der Waals surface area (Å²) < 4.78 is 40.9. The number of hydrogen-bond donors (Lipinski definition) is 1. The maximum atomic E-state index is 12.1. The van der Waals surface area contributed by atoms with E-state index in [1.165, 1.54) is 4.88 Å². The highest BCUT2D eigenvalue weighted by Gasteiger charge is 2.27. The van der Waals surface area contributed by atoms with Crippen LogP contribution in [0, 0.1) is 0 Å². The second-order valence-electron chi connectivity index (χ2n) is 6.08. The van der Waals surface area contributed by atoms with Crippen LogP contribution in [0.3, 0.4) is 0 Å². The first-order valence-corrected chi connectivity index (χ1v) is 9.42. The van der Waals surface area contributed by atoms with E-state index in [9.17, 15) is 13.2 Å². The molecule has 0 saturated heterocycles. The number of aliphatic imine (C=N–C) groups is 1. The van der Waals surface area contributed by atoms with Crippen LogP contribution in [-0.4, -0.2) is 44.3 Å². The molecule has 0 aliphatic carbocycles. The number of nitrogens with one attached hydrogen (secondary N) is 1. The highest BCUT2D eigenvalue weighted by molar-refractivity contribution is 7.09. The van der Waals surface area contributed by atoms with Gasteiger partial charge in [-0.2, -0.15) is 13.2 Å². The Hall–Kier alpha value is -2.06. The molecule has 0 saturated carbocycles. The Morgan fingerprint density at radius 1 is 1.19 bits per heavy atom. The van der Waals surface area contributed by atoms with Gasteiger partial charge in [0.1, 0.15) is 6.61 Å². The fourth-order valence-electron chi connectivity index (χ4n) is 2.44. The van der Waals surface area contributed by atoms with Crippen molar-refractivity contribution in [2.24, 2.45) is 4.99 Å². The number of halogens is 3. The first-order chi connectivity index (χ1) is 12.9. The lowest BCUT2D eigenvalue weighted by Gasteiger charge is -2.22. The molecule has 0 bridgehead atoms. The smallest absolute Gasteiger partial charge is 0.367 e. The second kappa shape index (κ2) is 10.3. The van der Waals surface area contributed by atoms with Gasteiger partial charge in [-0.15, -0.1) is 11.3 Å². The van der Waals surface area contributed by atoms with Crippen LogP contribution in [0.15, 0.2) is 46.8 Å². The van der Waals surface area contributed by atoms with Crippen molar-refractivity contribution in [2.75, 3.05) is 27.2 Å². The van der Waals surface area contributed by atoms with Crippen LogP contribution < -0.4 is 5.32 Å². The van der Waals surface area contributed by atoms with E-state index in [1.54, 1.807) is 30.5 Å². The second-order valence-corrected chi connectivity index (χ2v) is 7.11. The van der Waals surface area contributed by atoms with Gasteiger partial charge in [0, 0.05) is 32.1 Å². The van der Waals surface area contributed by atoms with Crippen molar-refractivity contribution < 1.29 is 17.9 Å². The zero-order valence-corrected chi connectivity index (χ0v) is 16.2. The lowest BCUT2D eigenvalue weighted by Crippen LogP contribution is -2.39. The van der Waals surface area contributed by atoms with Gasteiger partial charge in [0.2, 0.25) is 0 Å². The molecule has 2 rings (SSSR count). The first kappa shape index (κ1) is 21.2. The highest BCUT2D eigenvalue weighted by Crippen LogP contribution is 2.16. The van der Waals surface area contributed by atoms with Gasteiger partial charge in [0.25, 0.3) is 0 Å². The Bertz CT molecular complexity index is 700. The van der Waals surface area contributed by atoms with Gasteiger partial charge in [-0.3, -0.25) is 4.99 Å². The molecule has 4 nitrogen and oxygen atoms in total. The quantitative estimate of drug-likeness (QED) is 0.537. The molecule has 0 amide bonds. The fourth-order valence-corrected chi connectivity index (χ4v) is 3.14. The minimum Gasteiger partial charge on any atom is -0.367 e. The lowest BCUT2D eigenvalue weighted by molar-refractivity contribution is -0.176. The van der Waals surface area contributed by atoms with Gasteiger partial charge in [-0.25, -0.2) is 0 Å². The summed E-state index contributed by atoms with van der Waals surface area (Å²) in [7, 11) is 3.73. The van der Waals surface area contributed by atoms with Crippen molar-refractivity contribution in [1.82, 2.24) is 10.2 Å². The van der Waals surface area contributed by atoms with Gasteiger partial charge in [0.15, 0.2) is 5.96 Å². The normalized spacial score (nSPS) is 12.3. The zero-order valence-electron chi connectivity index (χ0n) is 15.4. The third-order valence-electron chi connectivity index (χ3n) is 3.86. The van der Waals surface area contributed by atoms with Crippen LogP contribution in [0.25, 0.3) is 0 Å². The molecular formula is C19H24F3N3OS. The number of guanidine groups is 1. The van der Waals surface area contributed by atoms with Crippen molar-refractivity contribution in [2.45, 2.75) is 25.7 Å². The number of alkyl halides is 3. The number of thiophene rings is 1. The predicted octanol–water partition coefficient (Wildman–Crippen LogP) is 4.08. The van der Waals surface area contributed by atoms with Crippen LogP contribution >= 0.6 is 11.3 Å². The molecule has 0 spiro atoms. The number of benzene rings is 1. The van der Waals surface area contributed by atoms with Gasteiger partial charge in [0.05, 0.1) is 6.61 Å².